The summed E-state index contributed by atoms with van der Waals surface area (Å²) in [5.74, 6) is 2.51. The normalized spacial score (nSPS) is 18.2. The van der Waals surface area contributed by atoms with Gasteiger partial charge in [0.05, 0.1) is 26.3 Å². The van der Waals surface area contributed by atoms with Gasteiger partial charge in [-0.1, -0.05) is 32.0 Å². The molecule has 1 aromatic carbocycles. The van der Waals surface area contributed by atoms with Gasteiger partial charge in [-0.15, -0.1) is 0 Å². The third kappa shape index (κ3) is 7.10. The SMILES string of the molecule is CCNC(=NCCOc1ccccc1C(C)C)N1CCN(CC(=O)N2CCOCC2)CC1. The van der Waals surface area contributed by atoms with Crippen LogP contribution in [0.15, 0.2) is 29.3 Å². The smallest absolute Gasteiger partial charge is 0.236 e. The molecule has 2 saturated heterocycles. The van der Waals surface area contributed by atoms with Crippen LogP contribution in [0.4, 0.5) is 0 Å². The Morgan fingerprint density at radius 2 is 1.81 bits per heavy atom. The van der Waals surface area contributed by atoms with Crippen molar-refractivity contribution in [1.82, 2.24) is 20.0 Å². The highest BCUT2D eigenvalue weighted by atomic mass is 16.5. The number of carbonyl (C=O) groups excluding carboxylic acids is 1. The molecule has 0 radical (unpaired) electrons. The maximum atomic E-state index is 12.5. The molecule has 0 spiro atoms. The Hall–Kier alpha value is -2.32. The fraction of sp³-hybridized carbons (Fsp3) is 0.667. The molecule has 178 valence electrons. The zero-order valence-corrected chi connectivity index (χ0v) is 19.9. The lowest BCUT2D eigenvalue weighted by atomic mass is 10.0. The van der Waals surface area contributed by atoms with Crippen LogP contribution in [0, 0.1) is 0 Å². The van der Waals surface area contributed by atoms with Gasteiger partial charge in [-0.3, -0.25) is 9.69 Å². The number of carbonyl (C=O) groups is 1. The minimum Gasteiger partial charge on any atom is -0.491 e. The van der Waals surface area contributed by atoms with Crippen LogP contribution in [-0.4, -0.2) is 105 Å². The first-order valence-electron chi connectivity index (χ1n) is 11.9. The number of para-hydroxylation sites is 1. The zero-order chi connectivity index (χ0) is 22.8. The maximum Gasteiger partial charge on any atom is 0.236 e. The number of hydrogen-bond donors (Lipinski definition) is 1. The lowest BCUT2D eigenvalue weighted by Gasteiger charge is -2.37. The summed E-state index contributed by atoms with van der Waals surface area (Å²) < 4.78 is 11.4. The van der Waals surface area contributed by atoms with Gasteiger partial charge in [0, 0.05) is 45.8 Å². The van der Waals surface area contributed by atoms with Gasteiger partial charge in [-0.2, -0.15) is 0 Å². The van der Waals surface area contributed by atoms with E-state index in [0.717, 1.165) is 44.4 Å². The molecule has 1 amide bonds. The van der Waals surface area contributed by atoms with Gasteiger partial charge < -0.3 is 24.6 Å². The van der Waals surface area contributed by atoms with Crippen LogP contribution in [0.5, 0.6) is 5.75 Å². The first-order chi connectivity index (χ1) is 15.6. The molecular formula is C24H39N5O3. The molecule has 0 aromatic heterocycles. The standard InChI is InChI=1S/C24H39N5O3/c1-4-25-24(26-9-16-32-22-8-6-5-7-21(22)20(2)3)29-12-10-27(11-13-29)19-23(30)28-14-17-31-18-15-28/h5-8,20H,4,9-19H2,1-3H3,(H,25,26). The second-order valence-corrected chi connectivity index (χ2v) is 8.53. The average Bonchev–Trinajstić information content (AvgIpc) is 2.82. The number of piperazine rings is 1. The van der Waals surface area contributed by atoms with Crippen molar-refractivity contribution in [2.24, 2.45) is 4.99 Å². The van der Waals surface area contributed by atoms with Crippen LogP contribution in [0.3, 0.4) is 0 Å². The van der Waals surface area contributed by atoms with E-state index in [-0.39, 0.29) is 5.91 Å². The predicted molar refractivity (Wildman–Crippen MR) is 127 cm³/mol. The Morgan fingerprint density at radius 1 is 1.09 bits per heavy atom. The molecule has 0 bridgehead atoms. The molecule has 32 heavy (non-hydrogen) atoms. The second kappa shape index (κ2) is 12.6. The van der Waals surface area contributed by atoms with Gasteiger partial charge in [-0.05, 0) is 24.5 Å². The Morgan fingerprint density at radius 3 is 2.50 bits per heavy atom. The molecule has 2 fully saturated rings. The van der Waals surface area contributed by atoms with Crippen molar-refractivity contribution in [3.05, 3.63) is 29.8 Å². The molecule has 8 nitrogen and oxygen atoms in total. The van der Waals surface area contributed by atoms with Crippen molar-refractivity contribution in [2.75, 3.05) is 78.7 Å². The Bertz CT molecular complexity index is 741. The third-order valence-electron chi connectivity index (χ3n) is 5.88. The quantitative estimate of drug-likeness (QED) is 0.373. The zero-order valence-electron chi connectivity index (χ0n) is 19.9. The highest BCUT2D eigenvalue weighted by molar-refractivity contribution is 5.80. The number of hydrogen-bond acceptors (Lipinski definition) is 5. The van der Waals surface area contributed by atoms with Crippen LogP contribution in [0.25, 0.3) is 0 Å². The fourth-order valence-electron chi connectivity index (χ4n) is 4.04. The Balaban J connectivity index is 1.45. The molecule has 0 unspecified atom stereocenters. The van der Waals surface area contributed by atoms with Crippen LogP contribution >= 0.6 is 0 Å². The summed E-state index contributed by atoms with van der Waals surface area (Å²) in [6, 6.07) is 8.22. The Kier molecular flexibility index (Phi) is 9.62. The monoisotopic (exact) mass is 445 g/mol. The summed E-state index contributed by atoms with van der Waals surface area (Å²) in [5, 5.41) is 3.40. The van der Waals surface area contributed by atoms with Gasteiger partial charge in [0.2, 0.25) is 5.91 Å². The van der Waals surface area contributed by atoms with E-state index in [2.05, 4.69) is 48.0 Å². The number of nitrogens with zero attached hydrogens (tertiary/aromatic N) is 4. The van der Waals surface area contributed by atoms with E-state index >= 15 is 0 Å². The number of rotatable bonds is 8. The van der Waals surface area contributed by atoms with Crippen LogP contribution in [0.1, 0.15) is 32.3 Å². The van der Waals surface area contributed by atoms with Crippen molar-refractivity contribution in [3.8, 4) is 5.75 Å². The molecule has 8 heteroatoms. The largest absolute Gasteiger partial charge is 0.491 e. The molecular weight excluding hydrogens is 406 g/mol. The first-order valence-corrected chi connectivity index (χ1v) is 11.9. The fourth-order valence-corrected chi connectivity index (χ4v) is 4.04. The molecule has 1 N–H and O–H groups in total. The minimum absolute atomic E-state index is 0.209. The average molecular weight is 446 g/mol. The van der Waals surface area contributed by atoms with Gasteiger partial charge >= 0.3 is 0 Å². The lowest BCUT2D eigenvalue weighted by Crippen LogP contribution is -2.55. The van der Waals surface area contributed by atoms with Crippen molar-refractivity contribution < 1.29 is 14.3 Å². The molecule has 0 aliphatic carbocycles. The van der Waals surface area contributed by atoms with Gasteiger partial charge in [0.15, 0.2) is 5.96 Å². The summed E-state index contributed by atoms with van der Waals surface area (Å²) in [7, 11) is 0. The molecule has 1 aromatic rings. The molecule has 2 heterocycles. The summed E-state index contributed by atoms with van der Waals surface area (Å²) >= 11 is 0. The number of benzene rings is 1. The molecule has 0 saturated carbocycles. The van der Waals surface area contributed by atoms with Crippen molar-refractivity contribution in [3.63, 3.8) is 0 Å². The van der Waals surface area contributed by atoms with Gasteiger partial charge in [0.25, 0.3) is 0 Å². The van der Waals surface area contributed by atoms with E-state index in [9.17, 15) is 4.79 Å². The topological polar surface area (TPSA) is 69.6 Å². The molecule has 3 rings (SSSR count). The Labute approximate surface area is 192 Å². The van der Waals surface area contributed by atoms with E-state index in [0.29, 0.717) is 51.9 Å². The number of nitrogens with one attached hydrogen (secondary N) is 1. The summed E-state index contributed by atoms with van der Waals surface area (Å²) in [6.45, 7) is 15.1. The maximum absolute atomic E-state index is 12.5. The predicted octanol–water partition coefficient (Wildman–Crippen LogP) is 1.63. The number of guanidine groups is 1. The van der Waals surface area contributed by atoms with Crippen molar-refractivity contribution >= 4 is 11.9 Å². The van der Waals surface area contributed by atoms with Crippen LogP contribution in [0.2, 0.25) is 0 Å². The molecule has 2 aliphatic heterocycles. The third-order valence-corrected chi connectivity index (χ3v) is 5.88. The lowest BCUT2D eigenvalue weighted by molar-refractivity contribution is -0.136. The van der Waals surface area contributed by atoms with E-state index in [1.54, 1.807) is 0 Å². The number of morpholine rings is 1. The van der Waals surface area contributed by atoms with E-state index < -0.39 is 0 Å². The van der Waals surface area contributed by atoms with E-state index in [4.69, 9.17) is 14.5 Å². The van der Waals surface area contributed by atoms with E-state index in [1.807, 2.05) is 17.0 Å². The highest BCUT2D eigenvalue weighted by Crippen LogP contribution is 2.25. The highest BCUT2D eigenvalue weighted by Gasteiger charge is 2.24. The first kappa shape index (κ1) is 24.3. The molecule has 0 atom stereocenters. The van der Waals surface area contributed by atoms with Crippen LogP contribution in [-0.2, 0) is 9.53 Å². The summed E-state index contributed by atoms with van der Waals surface area (Å²) in [5.41, 5.74) is 1.23. The van der Waals surface area contributed by atoms with E-state index in [1.165, 1.54) is 5.56 Å². The number of ether oxygens (including phenoxy) is 2. The van der Waals surface area contributed by atoms with Crippen molar-refractivity contribution in [1.29, 1.82) is 0 Å². The minimum atomic E-state index is 0.209. The number of amides is 1. The van der Waals surface area contributed by atoms with Gasteiger partial charge in [-0.25, -0.2) is 4.99 Å². The molecule has 2 aliphatic rings. The van der Waals surface area contributed by atoms with Crippen molar-refractivity contribution in [2.45, 2.75) is 26.7 Å². The number of aliphatic imine (C=N–C) groups is 1. The second-order valence-electron chi connectivity index (χ2n) is 8.53. The van der Waals surface area contributed by atoms with Crippen LogP contribution < -0.4 is 10.1 Å². The van der Waals surface area contributed by atoms with Gasteiger partial charge in [0.1, 0.15) is 12.4 Å². The summed E-state index contributed by atoms with van der Waals surface area (Å²) in [4.78, 5) is 23.7. The summed E-state index contributed by atoms with van der Waals surface area (Å²) in [6.07, 6.45) is 0.